The van der Waals surface area contributed by atoms with Gasteiger partial charge in [0.1, 0.15) is 12.1 Å². The molecule has 9 nitrogen and oxygen atoms in total. The summed E-state index contributed by atoms with van der Waals surface area (Å²) in [6.07, 6.45) is 0.451. The maximum atomic E-state index is 12.3. The average molecular weight is 406 g/mol. The number of ether oxygens (including phenoxy) is 1. The Morgan fingerprint density at radius 1 is 1.38 bits per heavy atom. The predicted molar refractivity (Wildman–Crippen MR) is 89.2 cm³/mol. The molecule has 10 heteroatoms. The molecule has 0 aromatic carbocycles. The van der Waals surface area contributed by atoms with Crippen molar-refractivity contribution in [3.8, 4) is 0 Å². The third kappa shape index (κ3) is 5.52. The molecule has 0 aliphatic rings. The highest BCUT2D eigenvalue weighted by atomic mass is 79.9. The fourth-order valence-electron chi connectivity index (χ4n) is 1.87. The summed E-state index contributed by atoms with van der Waals surface area (Å²) in [6, 6.07) is -0.699. The largest absolute Gasteiger partial charge is 0.480 e. The molecule has 1 unspecified atom stereocenters. The first kappa shape index (κ1) is 19.9. The molecule has 2 N–H and O–H groups in total. The zero-order valence-electron chi connectivity index (χ0n) is 13.8. The van der Waals surface area contributed by atoms with Crippen LogP contribution >= 0.6 is 15.9 Å². The van der Waals surface area contributed by atoms with Gasteiger partial charge in [0.2, 0.25) is 0 Å². The molecule has 0 aliphatic carbocycles. The number of carbonyl (C=O) groups is 2. The van der Waals surface area contributed by atoms with E-state index < -0.39 is 41.5 Å². The molecule has 0 saturated carbocycles. The highest BCUT2D eigenvalue weighted by Gasteiger charge is 2.19. The molecule has 134 valence electrons. The van der Waals surface area contributed by atoms with Crippen LogP contribution in [0.3, 0.4) is 0 Å². The third-order valence-corrected chi connectivity index (χ3v) is 3.38. The van der Waals surface area contributed by atoms with Crippen molar-refractivity contribution in [2.24, 2.45) is 0 Å². The van der Waals surface area contributed by atoms with Gasteiger partial charge < -0.3 is 15.2 Å². The van der Waals surface area contributed by atoms with Crippen LogP contribution in [-0.2, 0) is 16.1 Å². The number of carboxylic acid groups (broad SMARTS) is 1. The van der Waals surface area contributed by atoms with Gasteiger partial charge in [-0.25, -0.2) is 9.59 Å². The highest BCUT2D eigenvalue weighted by Crippen LogP contribution is 2.07. The number of nitrogens with zero attached hydrogens (tertiary/aromatic N) is 2. The number of amides is 1. The number of alkyl carbamates (subject to hydrolysis) is 1. The zero-order chi connectivity index (χ0) is 18.7. The van der Waals surface area contributed by atoms with E-state index in [9.17, 15) is 19.2 Å². The maximum Gasteiger partial charge on any atom is 0.407 e. The Bertz CT molecular complexity index is 746. The Hall–Kier alpha value is -2.10. The quantitative estimate of drug-likeness (QED) is 0.751. The third-order valence-electron chi connectivity index (χ3n) is 2.83. The molecule has 0 fully saturated rings. The van der Waals surface area contributed by atoms with Crippen molar-refractivity contribution in [1.82, 2.24) is 14.5 Å². The van der Waals surface area contributed by atoms with Crippen LogP contribution in [0.15, 0.2) is 20.3 Å². The van der Waals surface area contributed by atoms with Crippen molar-refractivity contribution in [3.63, 3.8) is 0 Å². The number of aromatic nitrogens is 2. The van der Waals surface area contributed by atoms with Crippen molar-refractivity contribution in [2.75, 3.05) is 6.54 Å². The van der Waals surface area contributed by atoms with Gasteiger partial charge in [-0.05, 0) is 43.6 Å². The molecule has 1 heterocycles. The zero-order valence-corrected chi connectivity index (χ0v) is 15.4. The maximum absolute atomic E-state index is 12.3. The summed E-state index contributed by atoms with van der Waals surface area (Å²) in [7, 11) is 0. The van der Waals surface area contributed by atoms with E-state index >= 15 is 0 Å². The normalized spacial score (nSPS) is 12.5. The van der Waals surface area contributed by atoms with Crippen LogP contribution in [-0.4, -0.2) is 38.4 Å². The smallest absolute Gasteiger partial charge is 0.407 e. The summed E-state index contributed by atoms with van der Waals surface area (Å²) in [6.45, 7) is 6.06. The van der Waals surface area contributed by atoms with Gasteiger partial charge in [0.25, 0.3) is 5.56 Å². The van der Waals surface area contributed by atoms with Crippen LogP contribution in [0, 0.1) is 0 Å². The molecular weight excluding hydrogens is 386 g/mol. The Balaban J connectivity index is 3.02. The van der Waals surface area contributed by atoms with E-state index in [1.165, 1.54) is 0 Å². The summed E-state index contributed by atoms with van der Waals surface area (Å²) >= 11 is 3.01. The molecule has 0 spiro atoms. The molecule has 0 bridgehead atoms. The van der Waals surface area contributed by atoms with E-state index in [1.807, 2.05) is 0 Å². The number of nitrogens with one attached hydrogen (secondary N) is 1. The monoisotopic (exact) mass is 405 g/mol. The van der Waals surface area contributed by atoms with Crippen LogP contribution in [0.2, 0.25) is 0 Å². The van der Waals surface area contributed by atoms with E-state index in [0.717, 1.165) is 15.3 Å². The Labute approximate surface area is 146 Å². The van der Waals surface area contributed by atoms with E-state index in [4.69, 9.17) is 9.84 Å². The first-order valence-corrected chi connectivity index (χ1v) is 7.92. The second-order valence-electron chi connectivity index (χ2n) is 6.19. The topological polar surface area (TPSA) is 120 Å². The lowest BCUT2D eigenvalue weighted by molar-refractivity contribution is -0.137. The first-order valence-electron chi connectivity index (χ1n) is 7.12. The molecule has 0 saturated heterocycles. The van der Waals surface area contributed by atoms with Crippen LogP contribution < -0.4 is 16.6 Å². The lowest BCUT2D eigenvalue weighted by Gasteiger charge is -2.21. The molecule has 0 radical (unpaired) electrons. The first-order chi connectivity index (χ1) is 10.9. The number of aliphatic carboxylic acids is 1. The van der Waals surface area contributed by atoms with Crippen LogP contribution in [0.25, 0.3) is 0 Å². The summed E-state index contributed by atoms with van der Waals surface area (Å²) in [5.41, 5.74) is -2.06. The van der Waals surface area contributed by atoms with E-state index in [-0.39, 0.29) is 11.0 Å². The number of hydrogen-bond donors (Lipinski definition) is 2. The van der Waals surface area contributed by atoms with Gasteiger partial charge in [0, 0.05) is 12.7 Å². The SMILES string of the molecule is CC(CNC(=O)OC(C)(C)C)n1c(=O)c(Br)cn(CC(=O)O)c1=O. The van der Waals surface area contributed by atoms with Gasteiger partial charge in [-0.1, -0.05) is 0 Å². The van der Waals surface area contributed by atoms with Crippen LogP contribution in [0.5, 0.6) is 0 Å². The standard InChI is InChI=1S/C14H20BrN3O6/c1-8(5-16-12(22)24-14(2,3)4)18-11(21)9(15)6-17(13(18)23)7-10(19)20/h6,8H,5,7H2,1-4H3,(H,16,22)(H,19,20). The second-order valence-corrected chi connectivity index (χ2v) is 7.04. The molecule has 1 amide bonds. The fourth-order valence-corrected chi connectivity index (χ4v) is 2.31. The molecule has 1 rings (SSSR count). The minimum atomic E-state index is -1.21. The van der Waals surface area contributed by atoms with Crippen molar-refractivity contribution in [3.05, 3.63) is 31.5 Å². The Morgan fingerprint density at radius 2 is 1.96 bits per heavy atom. The minimum absolute atomic E-state index is 0.0341. The summed E-state index contributed by atoms with van der Waals surface area (Å²) < 4.78 is 6.91. The minimum Gasteiger partial charge on any atom is -0.480 e. The second kappa shape index (κ2) is 7.65. The number of hydrogen-bond acceptors (Lipinski definition) is 5. The predicted octanol–water partition coefficient (Wildman–Crippen LogP) is 0.943. The molecule has 1 atom stereocenters. The van der Waals surface area contributed by atoms with Gasteiger partial charge >= 0.3 is 17.8 Å². The molecule has 0 aliphatic heterocycles. The van der Waals surface area contributed by atoms with Crippen molar-refractivity contribution in [1.29, 1.82) is 0 Å². The lowest BCUT2D eigenvalue weighted by atomic mass is 10.2. The van der Waals surface area contributed by atoms with Crippen LogP contribution in [0.1, 0.15) is 33.7 Å². The summed E-state index contributed by atoms with van der Waals surface area (Å²) in [5, 5.41) is 11.3. The Morgan fingerprint density at radius 3 is 2.46 bits per heavy atom. The molecular formula is C14H20BrN3O6. The van der Waals surface area contributed by atoms with Gasteiger partial charge in [0.05, 0.1) is 10.5 Å². The van der Waals surface area contributed by atoms with Crippen LogP contribution in [0.4, 0.5) is 4.79 Å². The number of carbonyl (C=O) groups excluding carboxylic acids is 1. The van der Waals surface area contributed by atoms with E-state index in [1.54, 1.807) is 27.7 Å². The van der Waals surface area contributed by atoms with Gasteiger partial charge in [-0.15, -0.1) is 0 Å². The molecule has 24 heavy (non-hydrogen) atoms. The number of rotatable bonds is 5. The molecule has 1 aromatic rings. The van der Waals surface area contributed by atoms with Crippen molar-refractivity contribution < 1.29 is 19.4 Å². The summed E-state index contributed by atoms with van der Waals surface area (Å²) in [4.78, 5) is 46.9. The number of halogens is 1. The van der Waals surface area contributed by atoms with E-state index in [0.29, 0.717) is 0 Å². The summed E-state index contributed by atoms with van der Waals surface area (Å²) in [5.74, 6) is -1.21. The van der Waals surface area contributed by atoms with Crippen molar-refractivity contribution >= 4 is 28.0 Å². The van der Waals surface area contributed by atoms with Gasteiger partial charge in [-0.3, -0.25) is 18.7 Å². The van der Waals surface area contributed by atoms with E-state index in [2.05, 4.69) is 21.2 Å². The Kier molecular flexibility index (Phi) is 6.35. The highest BCUT2D eigenvalue weighted by molar-refractivity contribution is 9.10. The fraction of sp³-hybridized carbons (Fsp3) is 0.571. The lowest BCUT2D eigenvalue weighted by Crippen LogP contribution is -2.45. The van der Waals surface area contributed by atoms with Crippen molar-refractivity contribution in [2.45, 2.75) is 45.9 Å². The van der Waals surface area contributed by atoms with Gasteiger partial charge in [0.15, 0.2) is 0 Å². The van der Waals surface area contributed by atoms with Gasteiger partial charge in [-0.2, -0.15) is 0 Å². The average Bonchev–Trinajstić information content (AvgIpc) is 2.40. The number of carboxylic acids is 1. The molecule has 1 aromatic heterocycles.